The first-order chi connectivity index (χ1) is 10.0. The number of rotatable bonds is 7. The largest absolute Gasteiger partial charge is 0.369 e. The van der Waals surface area contributed by atoms with Gasteiger partial charge in [0.25, 0.3) is 0 Å². The molecule has 0 aliphatic heterocycles. The molecule has 0 radical (unpaired) electrons. The molecule has 21 heavy (non-hydrogen) atoms. The highest BCUT2D eigenvalue weighted by atomic mass is 32.1. The minimum absolute atomic E-state index is 0.209. The summed E-state index contributed by atoms with van der Waals surface area (Å²) in [6.07, 6.45) is 0. The topological polar surface area (TPSA) is 28.2 Å². The molecule has 0 unspecified atom stereocenters. The van der Waals surface area contributed by atoms with Gasteiger partial charge in [-0.2, -0.15) is 0 Å². The van der Waals surface area contributed by atoms with E-state index in [0.717, 1.165) is 36.0 Å². The van der Waals surface area contributed by atoms with Gasteiger partial charge in [-0.15, -0.1) is 11.3 Å². The van der Waals surface area contributed by atoms with Gasteiger partial charge in [-0.1, -0.05) is 13.8 Å². The lowest BCUT2D eigenvalue weighted by atomic mass is 10.2. The van der Waals surface area contributed by atoms with Crippen molar-refractivity contribution in [3.05, 3.63) is 46.2 Å². The number of nitrogens with one attached hydrogen (secondary N) is 1. The van der Waals surface area contributed by atoms with Gasteiger partial charge < -0.3 is 10.2 Å². The van der Waals surface area contributed by atoms with Gasteiger partial charge in [0.15, 0.2) is 0 Å². The van der Waals surface area contributed by atoms with Crippen LogP contribution in [0.2, 0.25) is 0 Å². The molecule has 1 heterocycles. The Hall–Kier alpha value is -1.46. The Morgan fingerprint density at radius 2 is 2.00 bits per heavy atom. The van der Waals surface area contributed by atoms with E-state index in [0.29, 0.717) is 5.92 Å². The van der Waals surface area contributed by atoms with Gasteiger partial charge in [0.1, 0.15) is 10.8 Å². The first-order valence-electron chi connectivity index (χ1n) is 7.15. The second-order valence-electron chi connectivity index (χ2n) is 5.59. The molecule has 1 aromatic heterocycles. The normalized spacial score (nSPS) is 11.1. The minimum atomic E-state index is -0.209. The quantitative estimate of drug-likeness (QED) is 0.846. The second kappa shape index (κ2) is 7.52. The van der Waals surface area contributed by atoms with E-state index >= 15 is 0 Å². The maximum atomic E-state index is 12.9. The number of aromatic nitrogens is 1. The van der Waals surface area contributed by atoms with Crippen LogP contribution in [0, 0.1) is 11.7 Å². The van der Waals surface area contributed by atoms with Crippen molar-refractivity contribution in [1.29, 1.82) is 0 Å². The number of nitrogens with zero attached hydrogens (tertiary/aromatic N) is 2. The lowest BCUT2D eigenvalue weighted by Crippen LogP contribution is -2.19. The van der Waals surface area contributed by atoms with E-state index in [1.54, 1.807) is 23.5 Å². The van der Waals surface area contributed by atoms with Crippen LogP contribution in [0.3, 0.4) is 0 Å². The molecule has 3 nitrogen and oxygen atoms in total. The van der Waals surface area contributed by atoms with Crippen LogP contribution in [0.15, 0.2) is 29.6 Å². The van der Waals surface area contributed by atoms with Crippen LogP contribution >= 0.6 is 11.3 Å². The van der Waals surface area contributed by atoms with Crippen LogP contribution in [-0.4, -0.2) is 18.6 Å². The molecular formula is C16H22FN3S. The number of halogens is 1. The Balaban J connectivity index is 1.88. The van der Waals surface area contributed by atoms with E-state index in [4.69, 9.17) is 0 Å². The maximum absolute atomic E-state index is 12.9. The molecule has 1 aromatic carbocycles. The third-order valence-electron chi connectivity index (χ3n) is 3.09. The number of hydrogen-bond donors (Lipinski definition) is 1. The fourth-order valence-corrected chi connectivity index (χ4v) is 2.76. The first-order valence-corrected chi connectivity index (χ1v) is 8.03. The zero-order valence-electron chi connectivity index (χ0n) is 12.8. The molecule has 1 N–H and O–H groups in total. The Labute approximate surface area is 129 Å². The van der Waals surface area contributed by atoms with E-state index in [1.165, 1.54) is 12.1 Å². The zero-order chi connectivity index (χ0) is 15.2. The summed E-state index contributed by atoms with van der Waals surface area (Å²) < 4.78 is 12.9. The average Bonchev–Trinajstić information content (AvgIpc) is 2.86. The van der Waals surface area contributed by atoms with Crippen LogP contribution in [0.25, 0.3) is 0 Å². The summed E-state index contributed by atoms with van der Waals surface area (Å²) >= 11 is 1.68. The summed E-state index contributed by atoms with van der Waals surface area (Å²) in [5.74, 6) is 0.438. The SMILES string of the molecule is CC(C)CNCc1nc(CN(C)c2ccc(F)cc2)cs1. The van der Waals surface area contributed by atoms with E-state index in [2.05, 4.69) is 34.4 Å². The molecule has 0 saturated heterocycles. The van der Waals surface area contributed by atoms with Gasteiger partial charge in [-0.3, -0.25) is 0 Å². The van der Waals surface area contributed by atoms with Gasteiger partial charge in [0.2, 0.25) is 0 Å². The fraction of sp³-hybridized carbons (Fsp3) is 0.438. The lowest BCUT2D eigenvalue weighted by Gasteiger charge is -2.17. The summed E-state index contributed by atoms with van der Waals surface area (Å²) in [5, 5.41) is 6.60. The van der Waals surface area contributed by atoms with E-state index in [9.17, 15) is 4.39 Å². The predicted molar refractivity (Wildman–Crippen MR) is 87.2 cm³/mol. The van der Waals surface area contributed by atoms with Crippen LogP contribution < -0.4 is 10.2 Å². The number of anilines is 1. The highest BCUT2D eigenvalue weighted by Crippen LogP contribution is 2.17. The Kier molecular flexibility index (Phi) is 5.70. The van der Waals surface area contributed by atoms with Gasteiger partial charge in [-0.05, 0) is 36.7 Å². The Morgan fingerprint density at radius 1 is 1.29 bits per heavy atom. The molecule has 0 aliphatic carbocycles. The molecule has 0 spiro atoms. The summed E-state index contributed by atoms with van der Waals surface area (Å²) in [6.45, 7) is 6.94. The van der Waals surface area contributed by atoms with Crippen molar-refractivity contribution >= 4 is 17.0 Å². The molecule has 2 rings (SSSR count). The first kappa shape index (κ1) is 15.9. The third kappa shape index (κ3) is 5.10. The monoisotopic (exact) mass is 307 g/mol. The third-order valence-corrected chi connectivity index (χ3v) is 3.99. The van der Waals surface area contributed by atoms with Gasteiger partial charge in [0.05, 0.1) is 12.2 Å². The summed E-state index contributed by atoms with van der Waals surface area (Å²) in [6, 6.07) is 6.53. The Bertz CT molecular complexity index is 551. The molecule has 114 valence electrons. The zero-order valence-corrected chi connectivity index (χ0v) is 13.6. The van der Waals surface area contributed by atoms with E-state index < -0.39 is 0 Å². The lowest BCUT2D eigenvalue weighted by molar-refractivity contribution is 0.551. The van der Waals surface area contributed by atoms with E-state index in [1.807, 2.05) is 7.05 Å². The second-order valence-corrected chi connectivity index (χ2v) is 6.53. The fourth-order valence-electron chi connectivity index (χ4n) is 2.00. The molecule has 0 bridgehead atoms. The molecule has 0 aliphatic rings. The molecule has 0 atom stereocenters. The van der Waals surface area contributed by atoms with Crippen molar-refractivity contribution in [3.8, 4) is 0 Å². The van der Waals surface area contributed by atoms with Crippen molar-refractivity contribution in [2.24, 2.45) is 5.92 Å². The van der Waals surface area contributed by atoms with Crippen molar-refractivity contribution in [1.82, 2.24) is 10.3 Å². The number of benzene rings is 1. The van der Waals surface area contributed by atoms with Crippen molar-refractivity contribution in [2.75, 3.05) is 18.5 Å². The maximum Gasteiger partial charge on any atom is 0.123 e. The predicted octanol–water partition coefficient (Wildman–Crippen LogP) is 3.66. The van der Waals surface area contributed by atoms with Crippen molar-refractivity contribution in [3.63, 3.8) is 0 Å². The molecule has 0 amide bonds. The number of thiazole rings is 1. The highest BCUT2D eigenvalue weighted by molar-refractivity contribution is 7.09. The average molecular weight is 307 g/mol. The van der Waals surface area contributed by atoms with Crippen LogP contribution in [0.5, 0.6) is 0 Å². The molecule has 2 aromatic rings. The Morgan fingerprint density at radius 3 is 2.67 bits per heavy atom. The molecular weight excluding hydrogens is 285 g/mol. The molecule has 5 heteroatoms. The van der Waals surface area contributed by atoms with Crippen LogP contribution in [-0.2, 0) is 13.1 Å². The van der Waals surface area contributed by atoms with Crippen LogP contribution in [0.1, 0.15) is 24.5 Å². The minimum Gasteiger partial charge on any atom is -0.369 e. The number of hydrogen-bond acceptors (Lipinski definition) is 4. The highest BCUT2D eigenvalue weighted by Gasteiger charge is 2.07. The van der Waals surface area contributed by atoms with E-state index in [-0.39, 0.29) is 5.82 Å². The van der Waals surface area contributed by atoms with Gasteiger partial charge in [0, 0.05) is 24.7 Å². The molecule has 0 fully saturated rings. The smallest absolute Gasteiger partial charge is 0.123 e. The van der Waals surface area contributed by atoms with Gasteiger partial charge in [-0.25, -0.2) is 9.37 Å². The summed E-state index contributed by atoms with van der Waals surface area (Å²) in [5.41, 5.74) is 2.04. The van der Waals surface area contributed by atoms with Crippen LogP contribution in [0.4, 0.5) is 10.1 Å². The summed E-state index contributed by atoms with van der Waals surface area (Å²) in [4.78, 5) is 6.70. The van der Waals surface area contributed by atoms with Gasteiger partial charge >= 0.3 is 0 Å². The van der Waals surface area contributed by atoms with Crippen molar-refractivity contribution in [2.45, 2.75) is 26.9 Å². The summed E-state index contributed by atoms with van der Waals surface area (Å²) in [7, 11) is 1.99. The standard InChI is InChI=1S/C16H22FN3S/c1-12(2)8-18-9-16-19-14(11-21-16)10-20(3)15-6-4-13(17)5-7-15/h4-7,11-12,18H,8-10H2,1-3H3. The van der Waals surface area contributed by atoms with Crippen molar-refractivity contribution < 1.29 is 4.39 Å². The molecule has 0 saturated carbocycles.